The van der Waals surface area contributed by atoms with Gasteiger partial charge >= 0.3 is 5.97 Å². The molecule has 0 atom stereocenters. The Balaban J connectivity index is 3.19. The highest BCUT2D eigenvalue weighted by Crippen LogP contribution is 2.32. The van der Waals surface area contributed by atoms with E-state index in [0.717, 1.165) is 0 Å². The number of phenols is 2. The van der Waals surface area contributed by atoms with Crippen molar-refractivity contribution in [2.75, 3.05) is 6.61 Å². The molecule has 1 aromatic rings. The van der Waals surface area contributed by atoms with E-state index in [1.165, 1.54) is 12.1 Å². The Morgan fingerprint density at radius 2 is 2.13 bits per heavy atom. The van der Waals surface area contributed by atoms with E-state index in [4.69, 9.17) is 5.26 Å². The van der Waals surface area contributed by atoms with Gasteiger partial charge < -0.3 is 14.9 Å². The van der Waals surface area contributed by atoms with Crippen LogP contribution in [-0.4, -0.2) is 22.8 Å². The molecule has 0 spiro atoms. The lowest BCUT2D eigenvalue weighted by Gasteiger charge is -2.06. The minimum Gasteiger partial charge on any atom is -0.504 e. The van der Waals surface area contributed by atoms with E-state index in [2.05, 4.69) is 4.74 Å². The first-order valence-corrected chi connectivity index (χ1v) is 4.24. The van der Waals surface area contributed by atoms with Gasteiger partial charge in [0, 0.05) is 0 Å². The largest absolute Gasteiger partial charge is 0.504 e. The minimum atomic E-state index is -0.741. The maximum atomic E-state index is 11.2. The van der Waals surface area contributed by atoms with Gasteiger partial charge in [0.25, 0.3) is 0 Å². The Kier molecular flexibility index (Phi) is 3.13. The van der Waals surface area contributed by atoms with Gasteiger partial charge in [0.15, 0.2) is 11.5 Å². The molecule has 2 N–H and O–H groups in total. The van der Waals surface area contributed by atoms with Crippen LogP contribution in [0.4, 0.5) is 0 Å². The van der Waals surface area contributed by atoms with Crippen LogP contribution < -0.4 is 0 Å². The molecule has 1 aromatic carbocycles. The second-order valence-corrected chi connectivity index (χ2v) is 2.69. The van der Waals surface area contributed by atoms with Crippen LogP contribution in [0.25, 0.3) is 0 Å². The number of esters is 1. The van der Waals surface area contributed by atoms with Crippen molar-refractivity contribution in [3.8, 4) is 17.6 Å². The fourth-order valence-electron chi connectivity index (χ4n) is 1.04. The van der Waals surface area contributed by atoms with Crippen LogP contribution in [0.1, 0.15) is 22.8 Å². The Bertz CT molecular complexity index is 434. The first-order chi connectivity index (χ1) is 7.11. The van der Waals surface area contributed by atoms with Crippen molar-refractivity contribution in [3.63, 3.8) is 0 Å². The molecule has 0 bridgehead atoms. The van der Waals surface area contributed by atoms with Crippen LogP contribution in [-0.2, 0) is 4.74 Å². The summed E-state index contributed by atoms with van der Waals surface area (Å²) in [6.45, 7) is 1.79. The molecule has 15 heavy (non-hydrogen) atoms. The molecule has 5 heteroatoms. The van der Waals surface area contributed by atoms with E-state index in [1.807, 2.05) is 0 Å². The molecule has 0 aromatic heterocycles. The highest BCUT2D eigenvalue weighted by molar-refractivity contribution is 5.93. The van der Waals surface area contributed by atoms with Crippen molar-refractivity contribution in [1.82, 2.24) is 0 Å². The van der Waals surface area contributed by atoms with Gasteiger partial charge in [-0.15, -0.1) is 0 Å². The number of aromatic hydroxyl groups is 2. The summed E-state index contributed by atoms with van der Waals surface area (Å²) in [6.07, 6.45) is 0. The van der Waals surface area contributed by atoms with Crippen LogP contribution in [0.5, 0.6) is 11.5 Å². The van der Waals surface area contributed by atoms with Gasteiger partial charge in [-0.3, -0.25) is 0 Å². The van der Waals surface area contributed by atoms with E-state index in [9.17, 15) is 15.0 Å². The standard InChI is InChI=1S/C10H9NO4/c1-2-15-10(14)7-4-3-6(5-11)8(12)9(7)13/h3-4,12-13H,2H2,1H3. The summed E-state index contributed by atoms with van der Waals surface area (Å²) >= 11 is 0. The number of hydrogen-bond acceptors (Lipinski definition) is 5. The number of ether oxygens (including phenoxy) is 1. The van der Waals surface area contributed by atoms with Crippen molar-refractivity contribution >= 4 is 5.97 Å². The van der Waals surface area contributed by atoms with Crippen molar-refractivity contribution < 1.29 is 19.7 Å². The zero-order chi connectivity index (χ0) is 11.4. The fraction of sp³-hybridized carbons (Fsp3) is 0.200. The lowest BCUT2D eigenvalue weighted by molar-refractivity contribution is 0.0522. The lowest BCUT2D eigenvalue weighted by atomic mass is 10.1. The van der Waals surface area contributed by atoms with E-state index >= 15 is 0 Å². The minimum absolute atomic E-state index is 0.0967. The third-order valence-electron chi connectivity index (χ3n) is 1.77. The van der Waals surface area contributed by atoms with Crippen LogP contribution in [0, 0.1) is 11.3 Å². The maximum Gasteiger partial charge on any atom is 0.342 e. The third-order valence-corrected chi connectivity index (χ3v) is 1.77. The molecular weight excluding hydrogens is 198 g/mol. The van der Waals surface area contributed by atoms with Crippen molar-refractivity contribution in [1.29, 1.82) is 5.26 Å². The molecule has 0 saturated carbocycles. The quantitative estimate of drug-likeness (QED) is 0.560. The van der Waals surface area contributed by atoms with Gasteiger partial charge in [0.1, 0.15) is 11.6 Å². The Morgan fingerprint density at radius 1 is 1.47 bits per heavy atom. The average molecular weight is 207 g/mol. The smallest absolute Gasteiger partial charge is 0.342 e. The highest BCUT2D eigenvalue weighted by Gasteiger charge is 2.17. The fourth-order valence-corrected chi connectivity index (χ4v) is 1.04. The number of hydrogen-bond donors (Lipinski definition) is 2. The number of carbonyl (C=O) groups excluding carboxylic acids is 1. The zero-order valence-corrected chi connectivity index (χ0v) is 8.02. The number of carbonyl (C=O) groups is 1. The van der Waals surface area contributed by atoms with E-state index in [0.29, 0.717) is 0 Å². The summed E-state index contributed by atoms with van der Waals surface area (Å²) < 4.78 is 4.64. The number of rotatable bonds is 2. The number of nitriles is 1. The molecule has 0 unspecified atom stereocenters. The summed E-state index contributed by atoms with van der Waals surface area (Å²) in [7, 11) is 0. The molecule has 5 nitrogen and oxygen atoms in total. The molecule has 0 saturated heterocycles. The van der Waals surface area contributed by atoms with Crippen LogP contribution in [0.3, 0.4) is 0 Å². The Labute approximate surface area is 86.1 Å². The van der Waals surface area contributed by atoms with Crippen LogP contribution >= 0.6 is 0 Å². The lowest BCUT2D eigenvalue weighted by Crippen LogP contribution is -2.05. The van der Waals surface area contributed by atoms with E-state index < -0.39 is 17.5 Å². The molecule has 0 aliphatic carbocycles. The number of nitrogens with zero attached hydrogens (tertiary/aromatic N) is 1. The first-order valence-electron chi connectivity index (χ1n) is 4.24. The van der Waals surface area contributed by atoms with Crippen LogP contribution in [0.2, 0.25) is 0 Å². The molecule has 0 fully saturated rings. The summed E-state index contributed by atoms with van der Waals surface area (Å²) in [5.74, 6) is -1.98. The molecule has 1 rings (SSSR count). The molecule has 78 valence electrons. The Morgan fingerprint density at radius 3 is 2.67 bits per heavy atom. The summed E-state index contributed by atoms with van der Waals surface area (Å²) in [5.41, 5.74) is -0.256. The number of phenolic OH excluding ortho intramolecular Hbond substituents is 2. The van der Waals surface area contributed by atoms with Crippen molar-refractivity contribution in [2.45, 2.75) is 6.92 Å². The molecule has 0 aliphatic heterocycles. The summed E-state index contributed by atoms with van der Waals surface area (Å²) in [5, 5.41) is 27.3. The predicted molar refractivity (Wildman–Crippen MR) is 50.4 cm³/mol. The van der Waals surface area contributed by atoms with E-state index in [1.54, 1.807) is 13.0 Å². The molecular formula is C10H9NO4. The highest BCUT2D eigenvalue weighted by atomic mass is 16.5. The van der Waals surface area contributed by atoms with Crippen molar-refractivity contribution in [2.24, 2.45) is 0 Å². The summed E-state index contributed by atoms with van der Waals surface area (Å²) in [6, 6.07) is 4.14. The maximum absolute atomic E-state index is 11.2. The molecule has 0 amide bonds. The third kappa shape index (κ3) is 1.99. The zero-order valence-electron chi connectivity index (χ0n) is 8.02. The van der Waals surface area contributed by atoms with Gasteiger partial charge in [0.2, 0.25) is 0 Å². The van der Waals surface area contributed by atoms with Gasteiger partial charge in [0.05, 0.1) is 12.2 Å². The number of benzene rings is 1. The second-order valence-electron chi connectivity index (χ2n) is 2.69. The van der Waals surface area contributed by atoms with Gasteiger partial charge in [-0.25, -0.2) is 4.79 Å². The van der Waals surface area contributed by atoms with Crippen molar-refractivity contribution in [3.05, 3.63) is 23.3 Å². The normalized spacial score (nSPS) is 9.33. The first kappa shape index (κ1) is 10.9. The monoisotopic (exact) mass is 207 g/mol. The van der Waals surface area contributed by atoms with Gasteiger partial charge in [-0.1, -0.05) is 0 Å². The molecule has 0 heterocycles. The van der Waals surface area contributed by atoms with Gasteiger partial charge in [-0.05, 0) is 19.1 Å². The van der Waals surface area contributed by atoms with Crippen LogP contribution in [0.15, 0.2) is 12.1 Å². The van der Waals surface area contributed by atoms with E-state index in [-0.39, 0.29) is 17.7 Å². The average Bonchev–Trinajstić information content (AvgIpc) is 2.22. The topological polar surface area (TPSA) is 90.6 Å². The second kappa shape index (κ2) is 4.33. The molecule has 0 aliphatic rings. The molecule has 0 radical (unpaired) electrons. The Hall–Kier alpha value is -2.22. The SMILES string of the molecule is CCOC(=O)c1ccc(C#N)c(O)c1O. The predicted octanol–water partition coefficient (Wildman–Crippen LogP) is 1.15. The summed E-state index contributed by atoms with van der Waals surface area (Å²) in [4.78, 5) is 11.2. The van der Waals surface area contributed by atoms with Gasteiger partial charge in [-0.2, -0.15) is 5.26 Å².